The molecular weight excluding hydrogens is 332 g/mol. The largest absolute Gasteiger partial charge is 0.507 e. The maximum Gasteiger partial charge on any atom is 0.507 e. The third-order valence-corrected chi connectivity index (χ3v) is 4.75. The molecule has 2 heterocycles. The lowest BCUT2D eigenvalue weighted by Crippen LogP contribution is -2.44. The first-order chi connectivity index (χ1) is 11.8. The van der Waals surface area contributed by atoms with Crippen molar-refractivity contribution in [2.45, 2.75) is 31.4 Å². The van der Waals surface area contributed by atoms with Gasteiger partial charge in [-0.25, -0.2) is 9.36 Å². The molecule has 1 aromatic rings. The number of aromatic hydroxyl groups is 2. The van der Waals surface area contributed by atoms with Gasteiger partial charge in [0.25, 0.3) is 11.8 Å². The predicted octanol–water partition coefficient (Wildman–Crippen LogP) is 1.36. The highest BCUT2D eigenvalue weighted by Crippen LogP contribution is 2.44. The van der Waals surface area contributed by atoms with E-state index in [4.69, 9.17) is 9.84 Å². The molecule has 134 valence electrons. The molecule has 2 aliphatic rings. The molecule has 0 aromatic carbocycles. The Labute approximate surface area is 142 Å². The van der Waals surface area contributed by atoms with Gasteiger partial charge in [-0.05, 0) is 18.8 Å². The molecule has 1 saturated carbocycles. The Hall–Kier alpha value is -2.97. The van der Waals surface area contributed by atoms with Crippen LogP contribution in [-0.4, -0.2) is 49.3 Å². The van der Waals surface area contributed by atoms with Crippen molar-refractivity contribution >= 4 is 18.0 Å². The Morgan fingerprint density at radius 2 is 1.64 bits per heavy atom. The van der Waals surface area contributed by atoms with Crippen molar-refractivity contribution in [3.8, 4) is 11.8 Å². The first kappa shape index (κ1) is 16.9. The van der Waals surface area contributed by atoms with Gasteiger partial charge in [-0.2, -0.15) is 0 Å². The fraction of sp³-hybridized carbons (Fsp3) is 0.438. The summed E-state index contributed by atoms with van der Waals surface area (Å²) in [6, 6.07) is 2.50. The standard InChI is InChI=1S/C16H18N2O7/c19-11-1-2-12(20)17(11)9-10-5-7-16(8-6-10,25-15(23)24)18-13(21)3-4-14(18)22/h1-4,10,21-22H,5-9H2,(H,23,24). The number of amides is 2. The molecule has 9 nitrogen and oxygen atoms in total. The Kier molecular flexibility index (Phi) is 4.15. The highest BCUT2D eigenvalue weighted by Gasteiger charge is 2.44. The molecule has 0 unspecified atom stereocenters. The van der Waals surface area contributed by atoms with Crippen LogP contribution >= 0.6 is 0 Å². The molecule has 0 spiro atoms. The maximum absolute atomic E-state index is 11.7. The van der Waals surface area contributed by atoms with E-state index in [-0.39, 0.29) is 48.9 Å². The number of aromatic nitrogens is 1. The van der Waals surface area contributed by atoms with Crippen molar-refractivity contribution in [1.82, 2.24) is 9.47 Å². The number of hydrogen-bond donors (Lipinski definition) is 3. The average molecular weight is 350 g/mol. The zero-order valence-electron chi connectivity index (χ0n) is 13.3. The fourth-order valence-electron chi connectivity index (χ4n) is 3.55. The molecule has 0 saturated heterocycles. The normalized spacial score (nSPS) is 26.2. The van der Waals surface area contributed by atoms with Gasteiger partial charge in [0.2, 0.25) is 0 Å². The molecule has 1 aromatic heterocycles. The minimum absolute atomic E-state index is 0.0156. The zero-order valence-corrected chi connectivity index (χ0v) is 13.3. The van der Waals surface area contributed by atoms with Crippen LogP contribution < -0.4 is 0 Å². The minimum Gasteiger partial charge on any atom is -0.494 e. The highest BCUT2D eigenvalue weighted by atomic mass is 16.7. The van der Waals surface area contributed by atoms with Crippen LogP contribution in [0.5, 0.6) is 11.8 Å². The first-order valence-electron chi connectivity index (χ1n) is 7.88. The summed E-state index contributed by atoms with van der Waals surface area (Å²) in [5.74, 6) is -1.33. The van der Waals surface area contributed by atoms with E-state index in [0.29, 0.717) is 12.8 Å². The van der Waals surface area contributed by atoms with Crippen molar-refractivity contribution in [1.29, 1.82) is 0 Å². The van der Waals surface area contributed by atoms with Crippen molar-refractivity contribution in [3.05, 3.63) is 24.3 Å². The van der Waals surface area contributed by atoms with Gasteiger partial charge in [0.05, 0.1) is 0 Å². The number of carboxylic acid groups (broad SMARTS) is 1. The van der Waals surface area contributed by atoms with Gasteiger partial charge in [0.15, 0.2) is 17.5 Å². The van der Waals surface area contributed by atoms with Gasteiger partial charge in [0, 0.05) is 43.7 Å². The number of imide groups is 1. The Morgan fingerprint density at radius 1 is 1.12 bits per heavy atom. The second-order valence-corrected chi connectivity index (χ2v) is 6.26. The van der Waals surface area contributed by atoms with Crippen LogP contribution in [0.4, 0.5) is 4.79 Å². The molecule has 25 heavy (non-hydrogen) atoms. The number of carbonyl (C=O) groups is 3. The van der Waals surface area contributed by atoms with Crippen molar-refractivity contribution in [2.24, 2.45) is 5.92 Å². The SMILES string of the molecule is O=C(O)OC1(n2c(O)ccc2O)CCC(CN2C(=O)C=CC2=O)CC1. The van der Waals surface area contributed by atoms with E-state index in [2.05, 4.69) is 0 Å². The van der Waals surface area contributed by atoms with Crippen LogP contribution in [0.3, 0.4) is 0 Å². The first-order valence-corrected chi connectivity index (χ1v) is 7.88. The summed E-state index contributed by atoms with van der Waals surface area (Å²) in [6.45, 7) is 0.247. The number of hydrogen-bond acceptors (Lipinski definition) is 6. The van der Waals surface area contributed by atoms with E-state index < -0.39 is 11.9 Å². The molecular formula is C16H18N2O7. The van der Waals surface area contributed by atoms with Crippen molar-refractivity contribution in [3.63, 3.8) is 0 Å². The quantitative estimate of drug-likeness (QED) is 0.552. The lowest BCUT2D eigenvalue weighted by atomic mass is 9.82. The monoisotopic (exact) mass is 350 g/mol. The lowest BCUT2D eigenvalue weighted by molar-refractivity contribution is -0.138. The van der Waals surface area contributed by atoms with Crippen LogP contribution in [0, 0.1) is 5.92 Å². The molecule has 0 bridgehead atoms. The van der Waals surface area contributed by atoms with Crippen LogP contribution in [0.15, 0.2) is 24.3 Å². The Morgan fingerprint density at radius 3 is 2.12 bits per heavy atom. The van der Waals surface area contributed by atoms with Crippen LogP contribution in [0.2, 0.25) is 0 Å². The van der Waals surface area contributed by atoms with Crippen LogP contribution in [-0.2, 0) is 20.1 Å². The van der Waals surface area contributed by atoms with E-state index in [1.54, 1.807) is 0 Å². The molecule has 2 amide bonds. The molecule has 0 atom stereocenters. The topological polar surface area (TPSA) is 129 Å². The summed E-state index contributed by atoms with van der Waals surface area (Å²) >= 11 is 0. The summed E-state index contributed by atoms with van der Waals surface area (Å²) in [5, 5.41) is 29.0. The van der Waals surface area contributed by atoms with E-state index in [1.165, 1.54) is 24.3 Å². The zero-order chi connectivity index (χ0) is 18.2. The second-order valence-electron chi connectivity index (χ2n) is 6.26. The van der Waals surface area contributed by atoms with E-state index in [0.717, 1.165) is 9.47 Å². The van der Waals surface area contributed by atoms with E-state index in [9.17, 15) is 24.6 Å². The predicted molar refractivity (Wildman–Crippen MR) is 82.7 cm³/mol. The summed E-state index contributed by atoms with van der Waals surface area (Å²) in [5.41, 5.74) is -1.42. The van der Waals surface area contributed by atoms with Gasteiger partial charge in [-0.15, -0.1) is 0 Å². The number of ether oxygens (including phenoxy) is 1. The lowest BCUT2D eigenvalue weighted by Gasteiger charge is -2.40. The molecule has 3 rings (SSSR count). The molecule has 1 fully saturated rings. The number of nitrogens with zero attached hydrogens (tertiary/aromatic N) is 2. The second kappa shape index (κ2) is 6.15. The number of carbonyl (C=O) groups excluding carboxylic acids is 2. The highest BCUT2D eigenvalue weighted by molar-refractivity contribution is 6.12. The summed E-state index contributed by atoms with van der Waals surface area (Å²) in [7, 11) is 0. The van der Waals surface area contributed by atoms with Gasteiger partial charge in [-0.1, -0.05) is 0 Å². The Bertz CT molecular complexity index is 706. The van der Waals surface area contributed by atoms with Gasteiger partial charge in [0.1, 0.15) is 0 Å². The molecule has 1 aliphatic heterocycles. The van der Waals surface area contributed by atoms with Crippen LogP contribution in [0.1, 0.15) is 25.7 Å². The summed E-state index contributed by atoms with van der Waals surface area (Å²) in [4.78, 5) is 35.6. The van der Waals surface area contributed by atoms with Crippen molar-refractivity contribution in [2.75, 3.05) is 6.54 Å². The maximum atomic E-state index is 11.7. The summed E-state index contributed by atoms with van der Waals surface area (Å²) < 4.78 is 6.11. The number of rotatable bonds is 4. The van der Waals surface area contributed by atoms with E-state index in [1.807, 2.05) is 0 Å². The van der Waals surface area contributed by atoms with Gasteiger partial charge >= 0.3 is 6.16 Å². The molecule has 9 heteroatoms. The molecule has 0 radical (unpaired) electrons. The summed E-state index contributed by atoms with van der Waals surface area (Å²) in [6.07, 6.45) is 2.24. The fourth-order valence-corrected chi connectivity index (χ4v) is 3.55. The molecule has 1 aliphatic carbocycles. The van der Waals surface area contributed by atoms with Gasteiger partial charge < -0.3 is 20.1 Å². The minimum atomic E-state index is -1.51. The third-order valence-electron chi connectivity index (χ3n) is 4.75. The molecule has 3 N–H and O–H groups in total. The smallest absolute Gasteiger partial charge is 0.494 e. The van der Waals surface area contributed by atoms with E-state index >= 15 is 0 Å². The average Bonchev–Trinajstić information content (AvgIpc) is 3.05. The van der Waals surface area contributed by atoms with Gasteiger partial charge in [-0.3, -0.25) is 14.5 Å². The third kappa shape index (κ3) is 3.04. The van der Waals surface area contributed by atoms with Crippen molar-refractivity contribution < 1.29 is 34.4 Å². The van der Waals surface area contributed by atoms with Crippen LogP contribution in [0.25, 0.3) is 0 Å². The Balaban J connectivity index is 1.75.